The number of aromatic nitrogens is 10. The molecule has 3 fully saturated rings. The summed E-state index contributed by atoms with van der Waals surface area (Å²) in [6.45, 7) is 8.29. The average molecular weight is 1690 g/mol. The molecule has 8 heterocycles. The molecule has 0 spiro atoms. The van der Waals surface area contributed by atoms with Gasteiger partial charge in [-0.1, -0.05) is 152 Å². The van der Waals surface area contributed by atoms with E-state index in [2.05, 4.69) is 144 Å². The molecule has 3 saturated heterocycles. The molecule has 17 aromatic rings. The van der Waals surface area contributed by atoms with Gasteiger partial charge < -0.3 is 45.1 Å². The maximum Gasteiger partial charge on any atom is 0.125 e. The predicted molar refractivity (Wildman–Crippen MR) is 488 cm³/mol. The second-order valence-electron chi connectivity index (χ2n) is 31.0. The highest BCUT2D eigenvalue weighted by Gasteiger charge is 2.24. The van der Waals surface area contributed by atoms with E-state index in [0.29, 0.717) is 56.3 Å². The van der Waals surface area contributed by atoms with Crippen molar-refractivity contribution < 1.29 is 47.5 Å². The maximum atomic E-state index is 13.5. The molecule has 20 rings (SSSR count). The van der Waals surface area contributed by atoms with Crippen LogP contribution in [0.5, 0.6) is 28.7 Å². The van der Waals surface area contributed by atoms with E-state index in [-0.39, 0.29) is 28.7 Å². The number of halogens is 5. The summed E-state index contributed by atoms with van der Waals surface area (Å²) in [6, 6.07) is 89.4. The van der Waals surface area contributed by atoms with Crippen molar-refractivity contribution in [1.29, 1.82) is 0 Å². The van der Waals surface area contributed by atoms with Crippen LogP contribution < -0.4 is 14.7 Å². The Hall–Kier alpha value is -15.3. The summed E-state index contributed by atoms with van der Waals surface area (Å²) in [7, 11) is 2.13. The number of piperidine rings is 2. The Bertz CT molecular complexity index is 6550. The van der Waals surface area contributed by atoms with Gasteiger partial charge in [0, 0.05) is 125 Å². The number of anilines is 3. The SMILES string of the molecule is CN1CCN(c2ccccc2-c2cc(-c3cc(F)ccc3O)n[nH]2)CC1.Oc1ccc(F)cc1-c1cc(-c2cccc(-c3ccccc3)c2)n[nH]1.Oc1ccc(F)cc1-c1cc(-c2cccc(N3CCCCC3)c2)n[nH]1.Oc1ccc(F)cc1-c1cc(-c2ccccc2-c2ccccc2)[nH]n1.Oc1ccc(F)cc1-c1cc(-c2ccccc2N2CCCCC2)[nH]n1. The standard InChI is InChI=1S/2C21H15FN2O.C20H21FN4O.2C20H20FN3O/c22-15-10-11-21(25)18(12-15)20-13-19(23-24-20)17-9-5-4-8-16(17)14-6-2-1-3-7-14;22-17-9-10-21(25)18(12-17)20-13-19(23-24-20)16-8-4-7-15(11-16)14-5-2-1-3-6-14;1-24-8-10-25(11-9-24)19-5-3-2-4-15(19)17-13-18(23-22-17)16-12-14(21)6-7-20(16)26;21-14-8-9-20(25)16(12-14)18-13-17(22-23-18)15-6-2-3-7-19(15)24-10-4-1-5-11-24;21-15-7-8-20(25)17(12-15)19-13-18(22-23-19)14-5-4-6-16(11-14)24-9-2-1-3-10-24/h2*1-13,25H,(H,23,24);2-7,12-13,26H,8-11H2,1H3,(H,22,23);2-3,6-9,12-13,25H,1,4-5,10-11H2,(H,22,23);4-8,11-13,25H,1-3,9-10H2,(H,22,23). The molecule has 5 aromatic heterocycles. The quantitative estimate of drug-likeness (QED) is 0.0429. The van der Waals surface area contributed by atoms with Crippen LogP contribution in [0.4, 0.5) is 39.0 Å². The molecule has 0 saturated carbocycles. The highest BCUT2D eigenvalue weighted by atomic mass is 19.1. The highest BCUT2D eigenvalue weighted by Crippen LogP contribution is 2.42. The summed E-state index contributed by atoms with van der Waals surface area (Å²) in [5, 5.41) is 86.2. The predicted octanol–water partition coefficient (Wildman–Crippen LogP) is 23.0. The monoisotopic (exact) mass is 1690 g/mol. The van der Waals surface area contributed by atoms with E-state index in [1.165, 1.54) is 141 Å². The van der Waals surface area contributed by atoms with Crippen LogP contribution in [0.25, 0.3) is 135 Å². The molecule has 634 valence electrons. The molecule has 0 amide bonds. The number of nitrogens with zero attached hydrogens (tertiary/aromatic N) is 9. The number of para-hydroxylation sites is 2. The van der Waals surface area contributed by atoms with Crippen LogP contribution in [-0.2, 0) is 0 Å². The summed E-state index contributed by atoms with van der Waals surface area (Å²) in [4.78, 5) is 9.49. The number of aromatic amines is 5. The van der Waals surface area contributed by atoms with Crippen LogP contribution in [0, 0.1) is 29.1 Å². The summed E-state index contributed by atoms with van der Waals surface area (Å²) in [5.74, 6) is -1.95. The minimum atomic E-state index is -0.415. The number of aromatic hydroxyl groups is 5. The van der Waals surface area contributed by atoms with Crippen LogP contribution in [0.3, 0.4) is 0 Å². The number of H-pyrrole nitrogens is 5. The van der Waals surface area contributed by atoms with Crippen molar-refractivity contribution in [2.45, 2.75) is 38.5 Å². The van der Waals surface area contributed by atoms with Crippen LogP contribution in [0.2, 0.25) is 0 Å². The molecule has 0 unspecified atom stereocenters. The minimum absolute atomic E-state index is 0.00389. The lowest BCUT2D eigenvalue weighted by Crippen LogP contribution is -2.44. The lowest BCUT2D eigenvalue weighted by Gasteiger charge is -2.35. The van der Waals surface area contributed by atoms with Gasteiger partial charge in [0.1, 0.15) is 57.8 Å². The van der Waals surface area contributed by atoms with Gasteiger partial charge in [0.25, 0.3) is 0 Å². The average Bonchev–Trinajstić information content (AvgIpc) is 1.67. The molecule has 0 bridgehead atoms. The van der Waals surface area contributed by atoms with Gasteiger partial charge in [-0.25, -0.2) is 22.0 Å². The van der Waals surface area contributed by atoms with Crippen molar-refractivity contribution >= 4 is 17.1 Å². The van der Waals surface area contributed by atoms with Gasteiger partial charge in [-0.05, 0) is 219 Å². The number of nitrogens with one attached hydrogen (secondary N) is 5. The van der Waals surface area contributed by atoms with Gasteiger partial charge in [0.05, 0.1) is 56.9 Å². The molecule has 126 heavy (non-hydrogen) atoms. The summed E-state index contributed by atoms with van der Waals surface area (Å²) in [5.41, 5.74) is 21.6. The minimum Gasteiger partial charge on any atom is -0.507 e. The molecule has 24 heteroatoms. The van der Waals surface area contributed by atoms with Crippen molar-refractivity contribution in [3.63, 3.8) is 0 Å². The van der Waals surface area contributed by atoms with E-state index in [1.54, 1.807) is 6.07 Å². The Balaban J connectivity index is 0.000000116. The largest absolute Gasteiger partial charge is 0.507 e. The summed E-state index contributed by atoms with van der Waals surface area (Å²) in [6.07, 6.45) is 7.46. The molecule has 0 aliphatic carbocycles. The number of phenolic OH excluding ortho intramolecular Hbond substituents is 5. The maximum absolute atomic E-state index is 13.5. The zero-order chi connectivity index (χ0) is 87.0. The fraction of sp³-hybridized carbons (Fsp3) is 0.147. The first-order valence-corrected chi connectivity index (χ1v) is 41.7. The van der Waals surface area contributed by atoms with Crippen LogP contribution in [0.1, 0.15) is 38.5 Å². The van der Waals surface area contributed by atoms with Crippen molar-refractivity contribution in [3.8, 4) is 164 Å². The topological polar surface area (TPSA) is 258 Å². The smallest absolute Gasteiger partial charge is 0.125 e. The highest BCUT2D eigenvalue weighted by molar-refractivity contribution is 5.86. The van der Waals surface area contributed by atoms with Crippen LogP contribution >= 0.6 is 0 Å². The Kier molecular flexibility index (Phi) is 26.3. The van der Waals surface area contributed by atoms with E-state index < -0.39 is 29.1 Å². The van der Waals surface area contributed by atoms with Crippen molar-refractivity contribution in [1.82, 2.24) is 55.9 Å². The van der Waals surface area contributed by atoms with Crippen LogP contribution in [0.15, 0.2) is 303 Å². The number of hydrogen-bond donors (Lipinski definition) is 10. The van der Waals surface area contributed by atoms with Gasteiger partial charge in [-0.3, -0.25) is 25.5 Å². The normalized spacial score (nSPS) is 13.3. The number of likely N-dealkylation sites (N-methyl/N-ethyl adjacent to an activating group) is 1. The van der Waals surface area contributed by atoms with Gasteiger partial charge in [0.2, 0.25) is 0 Å². The summed E-state index contributed by atoms with van der Waals surface area (Å²) < 4.78 is 67.5. The molecular weight excluding hydrogens is 1600 g/mol. The van der Waals surface area contributed by atoms with Crippen LogP contribution in [-0.4, -0.2) is 141 Å². The lowest BCUT2D eigenvalue weighted by molar-refractivity contribution is 0.313. The second kappa shape index (κ2) is 39.3. The molecule has 3 aliphatic rings. The first-order chi connectivity index (χ1) is 61.5. The molecular formula is C102H91F5N14O5. The third-order valence-corrected chi connectivity index (χ3v) is 22.5. The van der Waals surface area contributed by atoms with E-state index in [1.807, 2.05) is 140 Å². The molecule has 0 atom stereocenters. The Morgan fingerprint density at radius 1 is 0.230 bits per heavy atom. The molecule has 3 aliphatic heterocycles. The number of phenols is 5. The van der Waals surface area contributed by atoms with Crippen molar-refractivity contribution in [2.75, 3.05) is 74.1 Å². The fourth-order valence-corrected chi connectivity index (χ4v) is 15.8. The number of hydrogen-bond acceptors (Lipinski definition) is 14. The second-order valence-corrected chi connectivity index (χ2v) is 31.0. The van der Waals surface area contributed by atoms with E-state index >= 15 is 0 Å². The summed E-state index contributed by atoms with van der Waals surface area (Å²) >= 11 is 0. The van der Waals surface area contributed by atoms with E-state index in [9.17, 15) is 47.5 Å². The van der Waals surface area contributed by atoms with Gasteiger partial charge in [0.15, 0.2) is 0 Å². The van der Waals surface area contributed by atoms with Crippen molar-refractivity contribution in [2.24, 2.45) is 0 Å². The zero-order valence-electron chi connectivity index (χ0n) is 68.9. The Labute approximate surface area is 725 Å². The first kappa shape index (κ1) is 84.3. The Morgan fingerprint density at radius 2 is 0.540 bits per heavy atom. The first-order valence-electron chi connectivity index (χ1n) is 41.7. The third-order valence-electron chi connectivity index (χ3n) is 22.5. The number of piperazine rings is 1. The van der Waals surface area contributed by atoms with Gasteiger partial charge in [-0.2, -0.15) is 25.5 Å². The van der Waals surface area contributed by atoms with Gasteiger partial charge in [-0.15, -0.1) is 0 Å². The number of benzene rings is 12. The fourth-order valence-electron chi connectivity index (χ4n) is 15.8. The van der Waals surface area contributed by atoms with E-state index in [4.69, 9.17) is 0 Å². The Morgan fingerprint density at radius 3 is 0.984 bits per heavy atom. The molecule has 12 aromatic carbocycles. The van der Waals surface area contributed by atoms with E-state index in [0.717, 1.165) is 137 Å². The molecule has 0 radical (unpaired) electrons. The number of rotatable bonds is 15. The lowest BCUT2D eigenvalue weighted by atomic mass is 9.97. The zero-order valence-corrected chi connectivity index (χ0v) is 68.9. The third kappa shape index (κ3) is 20.2. The van der Waals surface area contributed by atoms with Gasteiger partial charge >= 0.3 is 0 Å². The molecule has 19 nitrogen and oxygen atoms in total. The molecule has 10 N–H and O–H groups in total. The van der Waals surface area contributed by atoms with Crippen molar-refractivity contribution in [3.05, 3.63) is 332 Å².